The van der Waals surface area contributed by atoms with E-state index in [1.807, 2.05) is 84.3 Å². The first-order chi connectivity index (χ1) is 16.5. The second-order valence-electron chi connectivity index (χ2n) is 7.47. The Balaban J connectivity index is 1.52. The number of para-hydroxylation sites is 1. The molecule has 34 heavy (non-hydrogen) atoms. The minimum atomic E-state index is -0.117. The van der Waals surface area contributed by atoms with Crippen LogP contribution in [-0.4, -0.2) is 33.5 Å². The predicted octanol–water partition coefficient (Wildman–Crippen LogP) is 5.58. The van der Waals surface area contributed by atoms with Crippen LogP contribution < -0.4 is 15.4 Å². The normalized spacial score (nSPS) is 10.7. The van der Waals surface area contributed by atoms with Crippen molar-refractivity contribution in [3.05, 3.63) is 89.2 Å². The molecule has 0 aliphatic heterocycles. The van der Waals surface area contributed by atoms with Gasteiger partial charge in [-0.25, -0.2) is 0 Å². The Morgan fingerprint density at radius 2 is 1.76 bits per heavy atom. The van der Waals surface area contributed by atoms with Crippen molar-refractivity contribution in [1.29, 1.82) is 0 Å². The fourth-order valence-electron chi connectivity index (χ4n) is 3.24. The topological polar surface area (TPSA) is 81.1 Å². The molecule has 0 unspecified atom stereocenters. The van der Waals surface area contributed by atoms with Gasteiger partial charge in [0, 0.05) is 11.4 Å². The minimum absolute atomic E-state index is 0.117. The lowest BCUT2D eigenvalue weighted by molar-refractivity contribution is -0.113. The summed E-state index contributed by atoms with van der Waals surface area (Å²) in [4.78, 5) is 12.5. The van der Waals surface area contributed by atoms with Gasteiger partial charge in [-0.1, -0.05) is 53.2 Å². The zero-order chi connectivity index (χ0) is 23.9. The highest BCUT2D eigenvalue weighted by Gasteiger charge is 2.16. The van der Waals surface area contributed by atoms with Gasteiger partial charge in [-0.2, -0.15) is 0 Å². The van der Waals surface area contributed by atoms with Gasteiger partial charge in [0.1, 0.15) is 5.75 Å². The van der Waals surface area contributed by atoms with Gasteiger partial charge in [0.25, 0.3) is 0 Å². The molecule has 4 rings (SSSR count). The van der Waals surface area contributed by atoms with E-state index < -0.39 is 0 Å². The maximum absolute atomic E-state index is 12.5. The fourth-order valence-corrected chi connectivity index (χ4v) is 4.22. The number of nitrogens with zero attached hydrogens (tertiary/aromatic N) is 3. The molecule has 0 aliphatic carbocycles. The number of hydrogen-bond acceptors (Lipinski definition) is 6. The van der Waals surface area contributed by atoms with Crippen molar-refractivity contribution >= 4 is 40.6 Å². The summed E-state index contributed by atoms with van der Waals surface area (Å²) in [6.07, 6.45) is 0. The number of carbonyl (C=O) groups excluding carboxylic acids is 1. The lowest BCUT2D eigenvalue weighted by Crippen LogP contribution is -2.15. The Bertz CT molecular complexity index is 1260. The fraction of sp³-hybridized carbons (Fsp3) is 0.160. The highest BCUT2D eigenvalue weighted by atomic mass is 35.5. The van der Waals surface area contributed by atoms with Gasteiger partial charge < -0.3 is 15.4 Å². The summed E-state index contributed by atoms with van der Waals surface area (Å²) in [6, 6.07) is 22.8. The molecule has 3 aromatic carbocycles. The molecule has 2 N–H and O–H groups in total. The van der Waals surface area contributed by atoms with Gasteiger partial charge >= 0.3 is 0 Å². The average molecular weight is 494 g/mol. The van der Waals surface area contributed by atoms with Crippen LogP contribution in [-0.2, 0) is 11.3 Å². The van der Waals surface area contributed by atoms with Crippen molar-refractivity contribution in [1.82, 2.24) is 14.8 Å². The van der Waals surface area contributed by atoms with Gasteiger partial charge in [0.05, 0.1) is 30.1 Å². The molecule has 1 amide bonds. The van der Waals surface area contributed by atoms with Crippen molar-refractivity contribution in [2.24, 2.45) is 0 Å². The van der Waals surface area contributed by atoms with Gasteiger partial charge in [0.15, 0.2) is 11.0 Å². The zero-order valence-corrected chi connectivity index (χ0v) is 20.4. The molecule has 0 spiro atoms. The molecule has 1 heterocycles. The molecule has 0 radical (unpaired) electrons. The Morgan fingerprint density at radius 1 is 1.03 bits per heavy atom. The van der Waals surface area contributed by atoms with E-state index in [0.717, 1.165) is 28.4 Å². The van der Waals surface area contributed by atoms with E-state index >= 15 is 0 Å². The van der Waals surface area contributed by atoms with Crippen LogP contribution >= 0.6 is 23.4 Å². The molecule has 1 aromatic heterocycles. The number of anilines is 2. The number of rotatable bonds is 9. The van der Waals surface area contributed by atoms with E-state index in [-0.39, 0.29) is 11.7 Å². The van der Waals surface area contributed by atoms with Crippen LogP contribution in [0.4, 0.5) is 11.4 Å². The number of methoxy groups -OCH3 is 1. The van der Waals surface area contributed by atoms with Crippen molar-refractivity contribution < 1.29 is 9.53 Å². The molecule has 174 valence electrons. The summed E-state index contributed by atoms with van der Waals surface area (Å²) in [5.41, 5.74) is 3.57. The Labute approximate surface area is 207 Å². The second kappa shape index (κ2) is 11.1. The maximum atomic E-state index is 12.5. The SMILES string of the molecule is COc1ccc(-n2c(CNc3ccccc3Cl)nnc2SCC(=O)Nc2ccc(C)cc2)cc1. The van der Waals surface area contributed by atoms with Gasteiger partial charge in [-0.05, 0) is 55.5 Å². The van der Waals surface area contributed by atoms with Crippen LogP contribution in [0.1, 0.15) is 11.4 Å². The quantitative estimate of drug-likeness (QED) is 0.296. The maximum Gasteiger partial charge on any atom is 0.234 e. The molecule has 0 aliphatic rings. The molecular weight excluding hydrogens is 470 g/mol. The number of ether oxygens (including phenoxy) is 1. The van der Waals surface area contributed by atoms with Gasteiger partial charge in [-0.3, -0.25) is 9.36 Å². The molecule has 0 saturated carbocycles. The number of aryl methyl sites for hydroxylation is 1. The predicted molar refractivity (Wildman–Crippen MR) is 137 cm³/mol. The Kier molecular flexibility index (Phi) is 7.72. The first kappa shape index (κ1) is 23.7. The van der Waals surface area contributed by atoms with Crippen molar-refractivity contribution in [2.75, 3.05) is 23.5 Å². The third-order valence-electron chi connectivity index (χ3n) is 5.01. The summed E-state index contributed by atoms with van der Waals surface area (Å²) in [7, 11) is 1.63. The van der Waals surface area contributed by atoms with Crippen LogP contribution in [0.3, 0.4) is 0 Å². The summed E-state index contributed by atoms with van der Waals surface area (Å²) < 4.78 is 7.21. The first-order valence-electron chi connectivity index (χ1n) is 10.6. The summed E-state index contributed by atoms with van der Waals surface area (Å²) in [6.45, 7) is 2.41. The average Bonchev–Trinajstić information content (AvgIpc) is 3.26. The Morgan fingerprint density at radius 3 is 2.47 bits per heavy atom. The third-order valence-corrected chi connectivity index (χ3v) is 6.27. The van der Waals surface area contributed by atoms with E-state index in [2.05, 4.69) is 20.8 Å². The number of halogens is 1. The zero-order valence-electron chi connectivity index (χ0n) is 18.8. The van der Waals surface area contributed by atoms with Gasteiger partial charge in [-0.15, -0.1) is 10.2 Å². The highest BCUT2D eigenvalue weighted by molar-refractivity contribution is 7.99. The molecule has 0 atom stereocenters. The number of nitrogens with one attached hydrogen (secondary N) is 2. The lowest BCUT2D eigenvalue weighted by Gasteiger charge is -2.13. The third kappa shape index (κ3) is 5.89. The second-order valence-corrected chi connectivity index (χ2v) is 8.82. The molecular formula is C25H24ClN5O2S. The van der Waals surface area contributed by atoms with E-state index in [1.54, 1.807) is 7.11 Å². The monoisotopic (exact) mass is 493 g/mol. The molecule has 0 saturated heterocycles. The molecule has 4 aromatic rings. The number of carbonyl (C=O) groups is 1. The van der Waals surface area contributed by atoms with Crippen molar-refractivity contribution in [3.63, 3.8) is 0 Å². The van der Waals surface area contributed by atoms with Crippen molar-refractivity contribution in [2.45, 2.75) is 18.6 Å². The molecule has 0 bridgehead atoms. The van der Waals surface area contributed by atoms with E-state index in [0.29, 0.717) is 22.5 Å². The summed E-state index contributed by atoms with van der Waals surface area (Å²) >= 11 is 7.60. The van der Waals surface area contributed by atoms with E-state index in [1.165, 1.54) is 11.8 Å². The number of benzene rings is 3. The van der Waals surface area contributed by atoms with Crippen LogP contribution in [0.2, 0.25) is 5.02 Å². The number of hydrogen-bond donors (Lipinski definition) is 2. The minimum Gasteiger partial charge on any atom is -0.497 e. The largest absolute Gasteiger partial charge is 0.497 e. The standard InChI is InChI=1S/C25H24ClN5O2S/c1-17-7-9-18(10-8-17)28-24(32)16-34-25-30-29-23(15-27-22-6-4-3-5-21(22)26)31(25)19-11-13-20(33-2)14-12-19/h3-14,27H,15-16H2,1-2H3,(H,28,32). The molecule has 0 fully saturated rings. The number of amides is 1. The van der Waals surface area contributed by atoms with Crippen LogP contribution in [0, 0.1) is 6.92 Å². The molecule has 9 heteroatoms. The summed E-state index contributed by atoms with van der Waals surface area (Å²) in [5.74, 6) is 1.51. The smallest absolute Gasteiger partial charge is 0.234 e. The highest BCUT2D eigenvalue weighted by Crippen LogP contribution is 2.26. The number of thioether (sulfide) groups is 1. The Hall–Kier alpha value is -3.49. The van der Waals surface area contributed by atoms with Crippen LogP contribution in [0.25, 0.3) is 5.69 Å². The van der Waals surface area contributed by atoms with E-state index in [4.69, 9.17) is 16.3 Å². The van der Waals surface area contributed by atoms with Crippen molar-refractivity contribution in [3.8, 4) is 11.4 Å². The van der Waals surface area contributed by atoms with Crippen LogP contribution in [0.15, 0.2) is 78.0 Å². The lowest BCUT2D eigenvalue weighted by atomic mass is 10.2. The summed E-state index contributed by atoms with van der Waals surface area (Å²) in [5, 5.41) is 16.2. The van der Waals surface area contributed by atoms with E-state index in [9.17, 15) is 4.79 Å². The van der Waals surface area contributed by atoms with Crippen LogP contribution in [0.5, 0.6) is 5.75 Å². The number of aromatic nitrogens is 3. The molecule has 7 nitrogen and oxygen atoms in total. The first-order valence-corrected chi connectivity index (χ1v) is 12.0. The van der Waals surface area contributed by atoms with Gasteiger partial charge in [0.2, 0.25) is 5.91 Å².